The Labute approximate surface area is 64.2 Å². The van der Waals surface area contributed by atoms with Crippen LogP contribution in [0.25, 0.3) is 0 Å². The summed E-state index contributed by atoms with van der Waals surface area (Å²) in [5, 5.41) is 0.234. The fourth-order valence-electron chi connectivity index (χ4n) is 0.726. The van der Waals surface area contributed by atoms with Crippen molar-refractivity contribution in [1.29, 1.82) is 0 Å². The van der Waals surface area contributed by atoms with Crippen molar-refractivity contribution in [1.82, 2.24) is 0 Å². The third-order valence-corrected chi connectivity index (χ3v) is 1.57. The number of esters is 1. The molecule has 2 nitrogen and oxygen atoms in total. The Morgan fingerprint density at radius 3 is 2.50 bits per heavy atom. The van der Waals surface area contributed by atoms with Gasteiger partial charge in [0, 0.05) is 5.57 Å². The maximum atomic E-state index is 10.7. The van der Waals surface area contributed by atoms with Crippen molar-refractivity contribution < 1.29 is 9.53 Å². The predicted octanol–water partition coefficient (Wildman–Crippen LogP) is 1.37. The second kappa shape index (κ2) is 2.34. The molecule has 0 amide bonds. The van der Waals surface area contributed by atoms with Gasteiger partial charge in [0.05, 0.1) is 5.57 Å². The maximum absolute atomic E-state index is 10.7. The number of hydrogen-bond acceptors (Lipinski definition) is 3. The molecule has 3 heteroatoms. The quantitative estimate of drug-likeness (QED) is 0.299. The van der Waals surface area contributed by atoms with E-state index in [9.17, 15) is 4.79 Å². The van der Waals surface area contributed by atoms with Gasteiger partial charge in [0.2, 0.25) is 5.05 Å². The van der Waals surface area contributed by atoms with Gasteiger partial charge < -0.3 is 4.74 Å². The van der Waals surface area contributed by atoms with Gasteiger partial charge in [-0.2, -0.15) is 0 Å². The van der Waals surface area contributed by atoms with Crippen LogP contribution in [-0.2, 0) is 9.53 Å². The molecule has 1 rings (SSSR count). The van der Waals surface area contributed by atoms with Gasteiger partial charge in [-0.15, -0.1) is 0 Å². The van der Waals surface area contributed by atoms with E-state index in [2.05, 4.69) is 11.3 Å². The van der Waals surface area contributed by atoms with E-state index in [4.69, 9.17) is 12.2 Å². The van der Waals surface area contributed by atoms with Crippen molar-refractivity contribution in [2.24, 2.45) is 0 Å². The highest BCUT2D eigenvalue weighted by Gasteiger charge is 2.27. The molecule has 0 aliphatic carbocycles. The monoisotopic (exact) mass is 154 g/mol. The first-order chi connectivity index (χ1) is 4.66. The molecule has 1 saturated heterocycles. The van der Waals surface area contributed by atoms with Crippen molar-refractivity contribution in [3.63, 3.8) is 0 Å². The lowest BCUT2D eigenvalue weighted by molar-refractivity contribution is -0.129. The van der Waals surface area contributed by atoms with Crippen LogP contribution in [0.15, 0.2) is 23.8 Å². The smallest absolute Gasteiger partial charge is 0.344 e. The van der Waals surface area contributed by atoms with Crippen LogP contribution in [0.2, 0.25) is 0 Å². The van der Waals surface area contributed by atoms with Crippen molar-refractivity contribution in [3.8, 4) is 0 Å². The van der Waals surface area contributed by atoms with E-state index < -0.39 is 5.97 Å². The number of cyclic esters (lactones) is 1. The molecule has 0 bridgehead atoms. The second-order valence-corrected chi connectivity index (χ2v) is 2.23. The van der Waals surface area contributed by atoms with Gasteiger partial charge in [0.15, 0.2) is 0 Å². The van der Waals surface area contributed by atoms with Gasteiger partial charge >= 0.3 is 5.97 Å². The van der Waals surface area contributed by atoms with Crippen LogP contribution in [0.4, 0.5) is 0 Å². The first kappa shape index (κ1) is 7.15. The van der Waals surface area contributed by atoms with E-state index in [0.29, 0.717) is 11.1 Å². The Bertz CT molecular complexity index is 250. The predicted molar refractivity (Wildman–Crippen MR) is 41.6 cm³/mol. The van der Waals surface area contributed by atoms with Crippen molar-refractivity contribution in [2.45, 2.75) is 6.92 Å². The molecule has 0 N–H and O–H groups in total. The summed E-state index contributed by atoms with van der Waals surface area (Å²) >= 11 is 4.72. The van der Waals surface area contributed by atoms with Crippen LogP contribution in [0.1, 0.15) is 6.92 Å². The summed E-state index contributed by atoms with van der Waals surface area (Å²) in [4.78, 5) is 10.7. The third kappa shape index (κ3) is 0.885. The zero-order valence-corrected chi connectivity index (χ0v) is 6.33. The molecule has 0 aromatic heterocycles. The van der Waals surface area contributed by atoms with Crippen LogP contribution < -0.4 is 0 Å². The average Bonchev–Trinajstić information content (AvgIpc) is 2.09. The topological polar surface area (TPSA) is 26.3 Å². The summed E-state index contributed by atoms with van der Waals surface area (Å²) in [6.07, 6.45) is 1.72. The lowest BCUT2D eigenvalue weighted by atomic mass is 10.1. The minimum Gasteiger partial charge on any atom is -0.410 e. The highest BCUT2D eigenvalue weighted by atomic mass is 32.1. The van der Waals surface area contributed by atoms with Crippen molar-refractivity contribution in [3.05, 3.63) is 23.8 Å². The van der Waals surface area contributed by atoms with E-state index in [0.717, 1.165) is 0 Å². The molecule has 0 unspecified atom stereocenters. The minimum absolute atomic E-state index is 0.234. The minimum atomic E-state index is -0.432. The molecule has 1 aliphatic rings. The molecule has 0 atom stereocenters. The number of thiocarbonyl (C=S) groups is 1. The maximum Gasteiger partial charge on any atom is 0.344 e. The Balaban J connectivity index is 3.07. The lowest BCUT2D eigenvalue weighted by Crippen LogP contribution is -1.94. The molecule has 52 valence electrons. The number of rotatable bonds is 0. The van der Waals surface area contributed by atoms with Gasteiger partial charge in [-0.05, 0) is 19.1 Å². The number of allylic oxidation sites excluding steroid dienone is 1. The molecule has 0 aromatic rings. The van der Waals surface area contributed by atoms with Crippen molar-refractivity contribution >= 4 is 23.2 Å². The summed E-state index contributed by atoms with van der Waals surface area (Å²) in [5.74, 6) is -0.432. The lowest BCUT2D eigenvalue weighted by Gasteiger charge is -1.87. The Kier molecular flexibility index (Phi) is 1.68. The molecule has 1 fully saturated rings. The van der Waals surface area contributed by atoms with Crippen LogP contribution in [0, 0.1) is 0 Å². The first-order valence-corrected chi connectivity index (χ1v) is 3.19. The summed E-state index contributed by atoms with van der Waals surface area (Å²) in [5.41, 5.74) is 0.993. The molecule has 1 aliphatic heterocycles. The molecular formula is C7H6O2S. The van der Waals surface area contributed by atoms with E-state index in [1.807, 2.05) is 0 Å². The van der Waals surface area contributed by atoms with E-state index in [1.165, 1.54) is 0 Å². The van der Waals surface area contributed by atoms with E-state index in [1.54, 1.807) is 13.0 Å². The molecule has 1 heterocycles. The highest BCUT2D eigenvalue weighted by molar-refractivity contribution is 7.80. The molecule has 0 spiro atoms. The third-order valence-electron chi connectivity index (χ3n) is 1.27. The molecular weight excluding hydrogens is 148 g/mol. The molecule has 0 radical (unpaired) electrons. The summed E-state index contributed by atoms with van der Waals surface area (Å²) < 4.78 is 4.60. The number of carbonyl (C=O) groups is 1. The number of carbonyl (C=O) groups excluding carboxylic acids is 1. The van der Waals surface area contributed by atoms with Crippen LogP contribution in [0.5, 0.6) is 0 Å². The largest absolute Gasteiger partial charge is 0.410 e. The van der Waals surface area contributed by atoms with Gasteiger partial charge in [-0.25, -0.2) is 4.79 Å². The molecule has 0 aromatic carbocycles. The van der Waals surface area contributed by atoms with Gasteiger partial charge in [-0.1, -0.05) is 12.7 Å². The Morgan fingerprint density at radius 1 is 1.70 bits per heavy atom. The first-order valence-electron chi connectivity index (χ1n) is 2.79. The summed E-state index contributed by atoms with van der Waals surface area (Å²) in [7, 11) is 0. The highest BCUT2D eigenvalue weighted by Crippen LogP contribution is 2.20. The second-order valence-electron chi connectivity index (χ2n) is 1.86. The van der Waals surface area contributed by atoms with E-state index in [-0.39, 0.29) is 5.05 Å². The Hall–Kier alpha value is -0.960. The molecule has 0 saturated carbocycles. The van der Waals surface area contributed by atoms with Gasteiger partial charge in [0.1, 0.15) is 0 Å². The fraction of sp³-hybridized carbons (Fsp3) is 0.143. The zero-order valence-electron chi connectivity index (χ0n) is 5.51. The van der Waals surface area contributed by atoms with Gasteiger partial charge in [0.25, 0.3) is 0 Å². The van der Waals surface area contributed by atoms with E-state index >= 15 is 0 Å². The van der Waals surface area contributed by atoms with Gasteiger partial charge in [-0.3, -0.25) is 0 Å². The zero-order chi connectivity index (χ0) is 7.72. The summed E-state index contributed by atoms with van der Waals surface area (Å²) in [6.45, 7) is 5.29. The standard InChI is InChI=1S/C7H6O2S/c1-3-5-4(2)6(8)9-7(5)10/h3H,2H2,1H3/b5-3+. The average molecular weight is 154 g/mol. The number of ether oxygens (including phenoxy) is 1. The summed E-state index contributed by atoms with van der Waals surface area (Å²) in [6, 6.07) is 0. The van der Waals surface area contributed by atoms with Crippen LogP contribution >= 0.6 is 12.2 Å². The fourth-order valence-corrected chi connectivity index (χ4v) is 1.04. The number of hydrogen-bond donors (Lipinski definition) is 0. The van der Waals surface area contributed by atoms with Crippen molar-refractivity contribution in [2.75, 3.05) is 0 Å². The normalized spacial score (nSPS) is 22.1. The Morgan fingerprint density at radius 2 is 2.30 bits per heavy atom. The molecule has 10 heavy (non-hydrogen) atoms. The van der Waals surface area contributed by atoms with Crippen LogP contribution in [-0.4, -0.2) is 11.0 Å². The van der Waals surface area contributed by atoms with Crippen LogP contribution in [0.3, 0.4) is 0 Å². The SMILES string of the molecule is C=C1C(=O)OC(=S)/C1=C/C.